The van der Waals surface area contributed by atoms with Crippen molar-refractivity contribution in [1.82, 2.24) is 20.1 Å². The van der Waals surface area contributed by atoms with Crippen molar-refractivity contribution in [1.29, 1.82) is 0 Å². The molecule has 6 heteroatoms. The van der Waals surface area contributed by atoms with Crippen molar-refractivity contribution in [2.24, 2.45) is 5.92 Å². The van der Waals surface area contributed by atoms with Gasteiger partial charge in [-0.3, -0.25) is 19.7 Å². The first-order valence-corrected chi connectivity index (χ1v) is 6.99. The second-order valence-electron chi connectivity index (χ2n) is 5.16. The smallest absolute Gasteiger partial charge is 0.257 e. The first-order chi connectivity index (χ1) is 10.3. The number of H-pyrrole nitrogens is 1. The highest BCUT2D eigenvalue weighted by Gasteiger charge is 2.30. The molecule has 1 saturated heterocycles. The predicted molar refractivity (Wildman–Crippen MR) is 75.8 cm³/mol. The van der Waals surface area contributed by atoms with Crippen LogP contribution in [0, 0.1) is 5.92 Å². The molecule has 0 saturated carbocycles. The van der Waals surface area contributed by atoms with Crippen LogP contribution in [0.3, 0.4) is 0 Å². The van der Waals surface area contributed by atoms with Gasteiger partial charge in [-0.05, 0) is 25.0 Å². The average molecular weight is 284 g/mol. The number of nitrogens with one attached hydrogen (secondary N) is 1. The number of likely N-dealkylation sites (tertiary alicyclic amines) is 1. The molecular formula is C15H16N4O2. The highest BCUT2D eigenvalue weighted by Crippen LogP contribution is 2.21. The van der Waals surface area contributed by atoms with Crippen LogP contribution in [0.1, 0.15) is 33.7 Å². The Morgan fingerprint density at radius 3 is 2.95 bits per heavy atom. The summed E-state index contributed by atoms with van der Waals surface area (Å²) in [6.45, 7) is 1.12. The fraction of sp³-hybridized carbons (Fsp3) is 0.333. The average Bonchev–Trinajstić information content (AvgIpc) is 3.09. The van der Waals surface area contributed by atoms with Gasteiger partial charge < -0.3 is 4.90 Å². The van der Waals surface area contributed by atoms with Gasteiger partial charge in [0.05, 0.1) is 11.8 Å². The first kappa shape index (κ1) is 13.5. The molecule has 3 heterocycles. The van der Waals surface area contributed by atoms with Crippen LogP contribution in [0.15, 0.2) is 36.8 Å². The molecule has 0 bridgehead atoms. The second-order valence-corrected chi connectivity index (χ2v) is 5.16. The van der Waals surface area contributed by atoms with Crippen LogP contribution in [0.4, 0.5) is 0 Å². The summed E-state index contributed by atoms with van der Waals surface area (Å²) in [5, 5.41) is 6.43. The van der Waals surface area contributed by atoms with E-state index in [1.807, 2.05) is 0 Å². The van der Waals surface area contributed by atoms with E-state index in [9.17, 15) is 9.59 Å². The minimum atomic E-state index is -0.176. The highest BCUT2D eigenvalue weighted by atomic mass is 16.2. The monoisotopic (exact) mass is 284 g/mol. The molecule has 2 aromatic heterocycles. The van der Waals surface area contributed by atoms with E-state index in [-0.39, 0.29) is 17.6 Å². The molecule has 1 N–H and O–H groups in total. The van der Waals surface area contributed by atoms with Gasteiger partial charge in [-0.15, -0.1) is 0 Å². The van der Waals surface area contributed by atoms with Gasteiger partial charge in [0.1, 0.15) is 5.69 Å². The molecule has 1 atom stereocenters. The number of ketones is 1. The molecule has 1 unspecified atom stereocenters. The number of rotatable bonds is 3. The van der Waals surface area contributed by atoms with Gasteiger partial charge in [-0.1, -0.05) is 6.07 Å². The van der Waals surface area contributed by atoms with Gasteiger partial charge in [-0.25, -0.2) is 0 Å². The van der Waals surface area contributed by atoms with Crippen LogP contribution in [0.5, 0.6) is 0 Å². The van der Waals surface area contributed by atoms with Gasteiger partial charge in [-0.2, -0.15) is 5.10 Å². The fourth-order valence-electron chi connectivity index (χ4n) is 2.64. The Morgan fingerprint density at radius 2 is 2.24 bits per heavy atom. The molecule has 21 heavy (non-hydrogen) atoms. The molecule has 0 spiro atoms. The Kier molecular flexibility index (Phi) is 3.77. The summed E-state index contributed by atoms with van der Waals surface area (Å²) >= 11 is 0. The summed E-state index contributed by atoms with van der Waals surface area (Å²) in [6.07, 6.45) is 6.32. The minimum Gasteiger partial charge on any atom is -0.338 e. The van der Waals surface area contributed by atoms with Crippen LogP contribution < -0.4 is 0 Å². The maximum atomic E-state index is 12.4. The molecule has 2 aromatic rings. The Balaban J connectivity index is 1.71. The molecule has 0 radical (unpaired) electrons. The molecule has 0 aromatic carbocycles. The molecule has 1 aliphatic heterocycles. The number of carbonyl (C=O) groups is 2. The summed E-state index contributed by atoms with van der Waals surface area (Å²) in [4.78, 5) is 30.6. The summed E-state index contributed by atoms with van der Waals surface area (Å²) in [6, 6.07) is 5.31. The van der Waals surface area contributed by atoms with E-state index in [0.717, 1.165) is 12.8 Å². The quantitative estimate of drug-likeness (QED) is 0.867. The van der Waals surface area contributed by atoms with Gasteiger partial charge in [0, 0.05) is 31.4 Å². The number of carbonyl (C=O) groups excluding carboxylic acids is 2. The van der Waals surface area contributed by atoms with Crippen molar-refractivity contribution in [2.75, 3.05) is 13.1 Å². The number of pyridine rings is 1. The van der Waals surface area contributed by atoms with Crippen molar-refractivity contribution < 1.29 is 9.59 Å². The standard InChI is InChI=1S/C15H16N4O2/c20-14(13-5-1-2-6-16-13)11-4-3-7-19(10-11)15(21)12-8-17-18-9-12/h1-2,5-6,8-9,11H,3-4,7,10H2,(H,17,18). The van der Waals surface area contributed by atoms with Crippen LogP contribution in [-0.4, -0.2) is 44.9 Å². The summed E-state index contributed by atoms with van der Waals surface area (Å²) in [5.41, 5.74) is 1.00. The van der Waals surface area contributed by atoms with Crippen LogP contribution in [-0.2, 0) is 0 Å². The number of amides is 1. The van der Waals surface area contributed by atoms with E-state index >= 15 is 0 Å². The zero-order chi connectivity index (χ0) is 14.7. The lowest BCUT2D eigenvalue weighted by atomic mass is 9.91. The first-order valence-electron chi connectivity index (χ1n) is 6.99. The number of nitrogens with zero attached hydrogens (tertiary/aromatic N) is 3. The third-order valence-corrected chi connectivity index (χ3v) is 3.74. The third-order valence-electron chi connectivity index (χ3n) is 3.74. The number of hydrogen-bond donors (Lipinski definition) is 1. The lowest BCUT2D eigenvalue weighted by molar-refractivity contribution is 0.0635. The normalized spacial score (nSPS) is 18.5. The molecule has 0 aliphatic carbocycles. The van der Waals surface area contributed by atoms with E-state index in [2.05, 4.69) is 15.2 Å². The Morgan fingerprint density at radius 1 is 1.33 bits per heavy atom. The van der Waals surface area contributed by atoms with Crippen molar-refractivity contribution >= 4 is 11.7 Å². The van der Waals surface area contributed by atoms with Gasteiger partial charge in [0.25, 0.3) is 5.91 Å². The number of hydrogen-bond acceptors (Lipinski definition) is 4. The van der Waals surface area contributed by atoms with Gasteiger partial charge in [0.15, 0.2) is 5.78 Å². The van der Waals surface area contributed by atoms with Crippen LogP contribution in [0.25, 0.3) is 0 Å². The Hall–Kier alpha value is -2.50. The molecule has 1 fully saturated rings. The number of aromatic amines is 1. The molecule has 3 rings (SSSR count). The lowest BCUT2D eigenvalue weighted by Gasteiger charge is -2.31. The summed E-state index contributed by atoms with van der Waals surface area (Å²) in [7, 11) is 0. The van der Waals surface area contributed by atoms with E-state index in [0.29, 0.717) is 24.3 Å². The minimum absolute atomic E-state index is 0.0142. The fourth-order valence-corrected chi connectivity index (χ4v) is 2.64. The third kappa shape index (κ3) is 2.84. The zero-order valence-electron chi connectivity index (χ0n) is 11.5. The van der Waals surface area contributed by atoms with Crippen LogP contribution in [0.2, 0.25) is 0 Å². The van der Waals surface area contributed by atoms with Crippen molar-refractivity contribution in [3.63, 3.8) is 0 Å². The Bertz CT molecular complexity index is 624. The largest absolute Gasteiger partial charge is 0.338 e. The number of piperidine rings is 1. The zero-order valence-corrected chi connectivity index (χ0v) is 11.5. The number of Topliss-reactive ketones (excluding diaryl/α,β-unsaturated/α-hetero) is 1. The summed E-state index contributed by atoms with van der Waals surface area (Å²) < 4.78 is 0. The van der Waals surface area contributed by atoms with Gasteiger partial charge >= 0.3 is 0 Å². The molecule has 6 nitrogen and oxygen atoms in total. The van der Waals surface area contributed by atoms with E-state index in [4.69, 9.17) is 0 Å². The SMILES string of the molecule is O=C(c1ccccn1)C1CCCN(C(=O)c2cn[nH]c2)C1. The molecule has 1 aliphatic rings. The second kappa shape index (κ2) is 5.87. The van der Waals surface area contributed by atoms with E-state index in [1.54, 1.807) is 35.5 Å². The van der Waals surface area contributed by atoms with Crippen LogP contribution >= 0.6 is 0 Å². The van der Waals surface area contributed by atoms with Crippen molar-refractivity contribution in [3.8, 4) is 0 Å². The molecule has 108 valence electrons. The molecular weight excluding hydrogens is 268 g/mol. The number of aromatic nitrogens is 3. The topological polar surface area (TPSA) is 79.0 Å². The molecule has 1 amide bonds. The van der Waals surface area contributed by atoms with Gasteiger partial charge in [0.2, 0.25) is 0 Å². The summed E-state index contributed by atoms with van der Waals surface area (Å²) in [5.74, 6) is -0.243. The lowest BCUT2D eigenvalue weighted by Crippen LogP contribution is -2.42. The maximum Gasteiger partial charge on any atom is 0.257 e. The van der Waals surface area contributed by atoms with Crippen molar-refractivity contribution in [3.05, 3.63) is 48.0 Å². The maximum absolute atomic E-state index is 12.4. The predicted octanol–water partition coefficient (Wildman–Crippen LogP) is 1.54. The Labute approximate surface area is 122 Å². The highest BCUT2D eigenvalue weighted by molar-refractivity contribution is 5.98. The van der Waals surface area contributed by atoms with E-state index in [1.165, 1.54) is 6.20 Å². The van der Waals surface area contributed by atoms with E-state index < -0.39 is 0 Å². The van der Waals surface area contributed by atoms with Crippen molar-refractivity contribution in [2.45, 2.75) is 12.8 Å².